The maximum absolute atomic E-state index is 10.6. The summed E-state index contributed by atoms with van der Waals surface area (Å²) in [6.07, 6.45) is 0.365. The molecule has 1 atom stereocenters. The van der Waals surface area contributed by atoms with Gasteiger partial charge in [0.2, 0.25) is 0 Å². The first kappa shape index (κ1) is 11.8. The van der Waals surface area contributed by atoms with Crippen molar-refractivity contribution >= 4 is 10.1 Å². The van der Waals surface area contributed by atoms with E-state index in [2.05, 4.69) is 4.74 Å². The average Bonchev–Trinajstić information content (AvgIpc) is 1.98. The highest BCUT2D eigenvalue weighted by atomic mass is 32.2. The molecule has 0 aliphatic rings. The monoisotopic (exact) mass is 198 g/mol. The van der Waals surface area contributed by atoms with Crippen LogP contribution in [-0.2, 0) is 14.9 Å². The van der Waals surface area contributed by atoms with Crippen molar-refractivity contribution in [1.82, 2.24) is 0 Å². The third kappa shape index (κ3) is 2.71. The van der Waals surface area contributed by atoms with E-state index >= 15 is 0 Å². The zero-order valence-electron chi connectivity index (χ0n) is 7.15. The second-order valence-electron chi connectivity index (χ2n) is 2.39. The van der Waals surface area contributed by atoms with Crippen molar-refractivity contribution in [2.24, 2.45) is 0 Å². The van der Waals surface area contributed by atoms with Gasteiger partial charge in [0.05, 0.1) is 6.61 Å². The van der Waals surface area contributed by atoms with Gasteiger partial charge in [-0.2, -0.15) is 8.42 Å². The Labute approximate surface area is 72.1 Å². The molecular weight excluding hydrogens is 184 g/mol. The molecule has 0 aromatic rings. The van der Waals surface area contributed by atoms with Crippen LogP contribution in [0, 0.1) is 0 Å². The van der Waals surface area contributed by atoms with Crippen LogP contribution in [-0.4, -0.2) is 29.8 Å². The fraction of sp³-hybridized carbons (Fsp3) is 1.00. The third-order valence-electron chi connectivity index (χ3n) is 1.38. The normalized spacial score (nSPS) is 17.3. The average molecular weight is 198 g/mol. The summed E-state index contributed by atoms with van der Waals surface area (Å²) in [5.74, 6) is 0. The lowest BCUT2D eigenvalue weighted by atomic mass is 10.4. The van der Waals surface area contributed by atoms with Crippen LogP contribution in [0.3, 0.4) is 0 Å². The molecule has 0 heterocycles. The second kappa shape index (κ2) is 4.18. The number of rotatable bonds is 5. The molecule has 12 heavy (non-hydrogen) atoms. The molecule has 0 aliphatic carbocycles. The maximum atomic E-state index is 10.6. The molecule has 6 heteroatoms. The smallest absolute Gasteiger partial charge is 0.321 e. The predicted octanol–water partition coefficient (Wildman–Crippen LogP) is 0.357. The number of hydrogen-bond acceptors (Lipinski definition) is 4. The van der Waals surface area contributed by atoms with Gasteiger partial charge in [0.1, 0.15) is 0 Å². The molecule has 0 aromatic heterocycles. The summed E-state index contributed by atoms with van der Waals surface area (Å²) < 4.78 is 34.3. The Kier molecular flexibility index (Phi) is 4.12. The lowest BCUT2D eigenvalue weighted by molar-refractivity contribution is -0.143. The molecule has 0 rings (SSSR count). The standard InChI is InChI=1S/C6H14O5S/c1-3-5-11-6(7,4-2)12(8,9)10/h7H,3-5H2,1-2H3,(H,8,9,10). The lowest BCUT2D eigenvalue weighted by Crippen LogP contribution is -2.40. The Bertz CT molecular complexity index is 222. The van der Waals surface area contributed by atoms with E-state index in [1.807, 2.05) is 0 Å². The van der Waals surface area contributed by atoms with E-state index in [1.54, 1.807) is 6.92 Å². The number of hydrogen-bond donors (Lipinski definition) is 2. The molecule has 0 saturated carbocycles. The van der Waals surface area contributed by atoms with Gasteiger partial charge in [-0.1, -0.05) is 13.8 Å². The Morgan fingerprint density at radius 2 is 1.92 bits per heavy atom. The van der Waals surface area contributed by atoms with E-state index in [-0.39, 0.29) is 13.0 Å². The molecule has 1 unspecified atom stereocenters. The molecule has 2 N–H and O–H groups in total. The van der Waals surface area contributed by atoms with Gasteiger partial charge in [-0.15, -0.1) is 0 Å². The topological polar surface area (TPSA) is 83.8 Å². The molecule has 5 nitrogen and oxygen atoms in total. The van der Waals surface area contributed by atoms with Gasteiger partial charge in [0.25, 0.3) is 5.12 Å². The van der Waals surface area contributed by atoms with Crippen molar-refractivity contribution in [3.05, 3.63) is 0 Å². The van der Waals surface area contributed by atoms with Gasteiger partial charge in [-0.05, 0) is 6.42 Å². The van der Waals surface area contributed by atoms with Crippen LogP contribution in [0.1, 0.15) is 26.7 Å². The molecule has 0 fully saturated rings. The van der Waals surface area contributed by atoms with Crippen LogP contribution in [0.2, 0.25) is 0 Å². The van der Waals surface area contributed by atoms with Gasteiger partial charge in [-0.25, -0.2) is 0 Å². The highest BCUT2D eigenvalue weighted by Crippen LogP contribution is 2.18. The largest absolute Gasteiger partial charge is 0.352 e. The van der Waals surface area contributed by atoms with Crippen molar-refractivity contribution in [1.29, 1.82) is 0 Å². The Hall–Kier alpha value is -0.170. The summed E-state index contributed by atoms with van der Waals surface area (Å²) in [6.45, 7) is 3.26. The quantitative estimate of drug-likeness (QED) is 0.492. The Morgan fingerprint density at radius 3 is 2.17 bits per heavy atom. The van der Waals surface area contributed by atoms with Gasteiger partial charge >= 0.3 is 10.1 Å². The van der Waals surface area contributed by atoms with Crippen molar-refractivity contribution < 1.29 is 22.8 Å². The Morgan fingerprint density at radius 1 is 1.42 bits per heavy atom. The molecule has 0 aliphatic heterocycles. The first-order valence-electron chi connectivity index (χ1n) is 3.70. The van der Waals surface area contributed by atoms with Gasteiger partial charge in [-0.3, -0.25) is 4.55 Å². The second-order valence-corrected chi connectivity index (χ2v) is 3.98. The summed E-state index contributed by atoms with van der Waals surface area (Å²) in [4.78, 5) is 0. The first-order chi connectivity index (χ1) is 5.37. The summed E-state index contributed by atoms with van der Waals surface area (Å²) in [6, 6.07) is 0. The van der Waals surface area contributed by atoms with E-state index in [9.17, 15) is 13.5 Å². The predicted molar refractivity (Wildman–Crippen MR) is 43.0 cm³/mol. The third-order valence-corrected chi connectivity index (χ3v) is 2.59. The van der Waals surface area contributed by atoms with E-state index in [1.165, 1.54) is 6.92 Å². The molecule has 0 bridgehead atoms. The number of ether oxygens (including phenoxy) is 1. The van der Waals surface area contributed by atoms with Gasteiger partial charge in [0.15, 0.2) is 0 Å². The van der Waals surface area contributed by atoms with Crippen LogP contribution >= 0.6 is 0 Å². The van der Waals surface area contributed by atoms with E-state index < -0.39 is 15.2 Å². The minimum atomic E-state index is -4.55. The fourth-order valence-electron chi connectivity index (χ4n) is 0.620. The van der Waals surface area contributed by atoms with E-state index in [0.29, 0.717) is 6.42 Å². The molecule has 0 saturated heterocycles. The summed E-state index contributed by atoms with van der Waals surface area (Å²) >= 11 is 0. The maximum Gasteiger partial charge on any atom is 0.321 e. The SMILES string of the molecule is CCCOC(O)(CC)S(=O)(=O)O. The van der Waals surface area contributed by atoms with Gasteiger partial charge < -0.3 is 9.84 Å². The molecular formula is C6H14O5S. The molecule has 0 amide bonds. The number of aliphatic hydroxyl groups is 1. The van der Waals surface area contributed by atoms with Crippen LogP contribution in [0.5, 0.6) is 0 Å². The zero-order valence-corrected chi connectivity index (χ0v) is 7.97. The highest BCUT2D eigenvalue weighted by molar-refractivity contribution is 7.86. The summed E-state index contributed by atoms with van der Waals surface area (Å²) in [7, 11) is -4.55. The van der Waals surface area contributed by atoms with E-state index in [4.69, 9.17) is 4.55 Å². The summed E-state index contributed by atoms with van der Waals surface area (Å²) in [5, 5.41) is 6.79. The molecule has 0 radical (unpaired) electrons. The van der Waals surface area contributed by atoms with Crippen molar-refractivity contribution in [2.45, 2.75) is 31.8 Å². The van der Waals surface area contributed by atoms with Crippen LogP contribution in [0.25, 0.3) is 0 Å². The highest BCUT2D eigenvalue weighted by Gasteiger charge is 2.40. The van der Waals surface area contributed by atoms with Gasteiger partial charge in [0, 0.05) is 6.42 Å². The lowest BCUT2D eigenvalue weighted by Gasteiger charge is -2.22. The molecule has 74 valence electrons. The van der Waals surface area contributed by atoms with E-state index in [0.717, 1.165) is 0 Å². The zero-order chi connectivity index (χ0) is 9.83. The molecule has 0 aromatic carbocycles. The first-order valence-corrected chi connectivity index (χ1v) is 5.14. The van der Waals surface area contributed by atoms with Crippen LogP contribution in [0.4, 0.5) is 0 Å². The van der Waals surface area contributed by atoms with Crippen LogP contribution in [0.15, 0.2) is 0 Å². The van der Waals surface area contributed by atoms with Crippen molar-refractivity contribution in [3.8, 4) is 0 Å². The van der Waals surface area contributed by atoms with Crippen LogP contribution < -0.4 is 0 Å². The summed E-state index contributed by atoms with van der Waals surface area (Å²) in [5.41, 5.74) is 0. The fourth-order valence-corrected chi connectivity index (χ4v) is 1.22. The minimum Gasteiger partial charge on any atom is -0.352 e. The van der Waals surface area contributed by atoms with Crippen molar-refractivity contribution in [2.75, 3.05) is 6.61 Å². The minimum absolute atomic E-state index is 0.0874. The van der Waals surface area contributed by atoms with Crippen molar-refractivity contribution in [3.63, 3.8) is 0 Å². The molecule has 0 spiro atoms. The Balaban J connectivity index is 4.47.